The lowest BCUT2D eigenvalue weighted by molar-refractivity contribution is 0.0601. The number of para-hydroxylation sites is 2. The Hall–Kier alpha value is -3.36. The van der Waals surface area contributed by atoms with E-state index in [0.29, 0.717) is 17.0 Å². The van der Waals surface area contributed by atoms with Crippen LogP contribution in [0, 0.1) is 6.92 Å². The summed E-state index contributed by atoms with van der Waals surface area (Å²) in [5, 5.41) is 5.91. The van der Waals surface area contributed by atoms with E-state index in [0.717, 1.165) is 11.3 Å². The molecule has 0 spiro atoms. The van der Waals surface area contributed by atoms with Gasteiger partial charge >= 0.3 is 5.97 Å². The Morgan fingerprint density at radius 3 is 2.29 bits per heavy atom. The Kier molecular flexibility index (Phi) is 6.94. The molecule has 0 unspecified atom stereocenters. The van der Waals surface area contributed by atoms with E-state index in [1.807, 2.05) is 0 Å². The standard InChI is InChI=1S/C22H19ClN2O5S/c1-12-17(22(28)30-3)21(25-19(26)13-8-4-5-9-14(13)23)31-18(12)20(27)24-15-10-6-7-11-16(15)29-2/h4-11H,1-3H3,(H,24,27)(H,25,26). The summed E-state index contributed by atoms with van der Waals surface area (Å²) in [7, 11) is 2.73. The van der Waals surface area contributed by atoms with Crippen LogP contribution in [0.3, 0.4) is 0 Å². The minimum atomic E-state index is -0.667. The number of amides is 2. The van der Waals surface area contributed by atoms with Gasteiger partial charge in [0, 0.05) is 0 Å². The summed E-state index contributed by atoms with van der Waals surface area (Å²) in [4.78, 5) is 38.3. The molecule has 31 heavy (non-hydrogen) atoms. The smallest absolute Gasteiger partial charge is 0.341 e. The van der Waals surface area contributed by atoms with Gasteiger partial charge in [-0.15, -0.1) is 11.3 Å². The molecule has 2 N–H and O–H groups in total. The van der Waals surface area contributed by atoms with Gasteiger partial charge in [-0.2, -0.15) is 0 Å². The lowest BCUT2D eigenvalue weighted by Gasteiger charge is -2.09. The van der Waals surface area contributed by atoms with Crippen LogP contribution in [-0.2, 0) is 4.74 Å². The predicted octanol–water partition coefficient (Wildman–Crippen LogP) is 5.01. The van der Waals surface area contributed by atoms with Crippen LogP contribution in [0.5, 0.6) is 5.75 Å². The first-order valence-corrected chi connectivity index (χ1v) is 10.3. The number of esters is 1. The van der Waals surface area contributed by atoms with Crippen molar-refractivity contribution < 1.29 is 23.9 Å². The van der Waals surface area contributed by atoms with E-state index in [4.69, 9.17) is 21.1 Å². The molecule has 1 heterocycles. The third-order valence-electron chi connectivity index (χ3n) is 4.44. The molecule has 7 nitrogen and oxygen atoms in total. The fourth-order valence-corrected chi connectivity index (χ4v) is 4.22. The van der Waals surface area contributed by atoms with Gasteiger partial charge in [0.25, 0.3) is 11.8 Å². The molecule has 0 saturated heterocycles. The second kappa shape index (κ2) is 9.63. The van der Waals surface area contributed by atoms with Gasteiger partial charge in [-0.25, -0.2) is 4.79 Å². The Labute approximate surface area is 187 Å². The van der Waals surface area contributed by atoms with Crippen molar-refractivity contribution in [3.8, 4) is 5.75 Å². The molecule has 0 saturated carbocycles. The van der Waals surface area contributed by atoms with Crippen molar-refractivity contribution in [2.75, 3.05) is 24.9 Å². The van der Waals surface area contributed by atoms with Crippen LogP contribution >= 0.6 is 22.9 Å². The maximum absolute atomic E-state index is 12.9. The molecular weight excluding hydrogens is 440 g/mol. The van der Waals surface area contributed by atoms with Crippen molar-refractivity contribution >= 4 is 51.4 Å². The molecule has 0 fully saturated rings. The van der Waals surface area contributed by atoms with Crippen LogP contribution in [0.4, 0.5) is 10.7 Å². The lowest BCUT2D eigenvalue weighted by atomic mass is 10.1. The first kappa shape index (κ1) is 22.3. The molecule has 9 heteroatoms. The maximum Gasteiger partial charge on any atom is 0.341 e. The summed E-state index contributed by atoms with van der Waals surface area (Å²) < 4.78 is 10.1. The van der Waals surface area contributed by atoms with Crippen LogP contribution in [0.1, 0.15) is 36.0 Å². The molecule has 2 aromatic carbocycles. The van der Waals surface area contributed by atoms with Crippen molar-refractivity contribution in [3.05, 3.63) is 75.1 Å². The summed E-state index contributed by atoms with van der Waals surface area (Å²) in [6, 6.07) is 13.5. The second-order valence-electron chi connectivity index (χ2n) is 6.34. The van der Waals surface area contributed by atoms with Gasteiger partial charge in [0.1, 0.15) is 10.8 Å². The molecule has 0 aliphatic heterocycles. The summed E-state index contributed by atoms with van der Waals surface area (Å²) in [5.41, 5.74) is 1.21. The number of carbonyl (C=O) groups excluding carboxylic acids is 3. The predicted molar refractivity (Wildman–Crippen MR) is 121 cm³/mol. The number of methoxy groups -OCH3 is 2. The number of nitrogens with one attached hydrogen (secondary N) is 2. The van der Waals surface area contributed by atoms with E-state index in [9.17, 15) is 14.4 Å². The van der Waals surface area contributed by atoms with Gasteiger partial charge in [0.15, 0.2) is 0 Å². The van der Waals surface area contributed by atoms with Crippen molar-refractivity contribution in [1.82, 2.24) is 0 Å². The minimum absolute atomic E-state index is 0.109. The quantitative estimate of drug-likeness (QED) is 0.506. The van der Waals surface area contributed by atoms with E-state index < -0.39 is 17.8 Å². The van der Waals surface area contributed by atoms with Crippen LogP contribution in [0.2, 0.25) is 5.02 Å². The number of hydrogen-bond donors (Lipinski definition) is 2. The van der Waals surface area contributed by atoms with E-state index in [1.165, 1.54) is 14.2 Å². The molecule has 0 bridgehead atoms. The SMILES string of the molecule is COC(=O)c1c(NC(=O)c2ccccc2Cl)sc(C(=O)Nc2ccccc2OC)c1C. The highest BCUT2D eigenvalue weighted by atomic mass is 35.5. The van der Waals surface area contributed by atoms with Crippen LogP contribution < -0.4 is 15.4 Å². The highest BCUT2D eigenvalue weighted by molar-refractivity contribution is 7.19. The number of rotatable bonds is 6. The third-order valence-corrected chi connectivity index (χ3v) is 5.98. The van der Waals surface area contributed by atoms with E-state index >= 15 is 0 Å². The summed E-state index contributed by atoms with van der Waals surface area (Å²) in [6.07, 6.45) is 0. The highest BCUT2D eigenvalue weighted by Crippen LogP contribution is 2.35. The van der Waals surface area contributed by atoms with Gasteiger partial charge in [-0.1, -0.05) is 35.9 Å². The van der Waals surface area contributed by atoms with Crippen molar-refractivity contribution in [2.24, 2.45) is 0 Å². The molecule has 2 amide bonds. The van der Waals surface area contributed by atoms with Crippen molar-refractivity contribution in [3.63, 3.8) is 0 Å². The molecule has 1 aromatic heterocycles. The molecule has 0 radical (unpaired) electrons. The van der Waals surface area contributed by atoms with E-state index in [-0.39, 0.29) is 26.0 Å². The van der Waals surface area contributed by atoms with E-state index in [2.05, 4.69) is 10.6 Å². The zero-order valence-electron chi connectivity index (χ0n) is 16.9. The minimum Gasteiger partial charge on any atom is -0.495 e. The van der Waals surface area contributed by atoms with E-state index in [1.54, 1.807) is 55.5 Å². The van der Waals surface area contributed by atoms with Gasteiger partial charge in [-0.3, -0.25) is 9.59 Å². The molecule has 3 rings (SSSR count). The first-order chi connectivity index (χ1) is 14.9. The largest absolute Gasteiger partial charge is 0.495 e. The Morgan fingerprint density at radius 2 is 1.61 bits per heavy atom. The number of ether oxygens (including phenoxy) is 2. The number of hydrogen-bond acceptors (Lipinski definition) is 6. The molecule has 160 valence electrons. The maximum atomic E-state index is 12.9. The molecule has 0 atom stereocenters. The number of thiophene rings is 1. The number of halogens is 1. The molecule has 0 aliphatic rings. The van der Waals surface area contributed by atoms with Crippen molar-refractivity contribution in [1.29, 1.82) is 0 Å². The van der Waals surface area contributed by atoms with Gasteiger partial charge in [0.2, 0.25) is 0 Å². The normalized spacial score (nSPS) is 10.3. The fraction of sp³-hybridized carbons (Fsp3) is 0.136. The Bertz CT molecular complexity index is 1160. The third kappa shape index (κ3) is 4.70. The average Bonchev–Trinajstić information content (AvgIpc) is 3.09. The number of anilines is 2. The Balaban J connectivity index is 1.96. The first-order valence-electron chi connectivity index (χ1n) is 9.09. The number of benzene rings is 2. The van der Waals surface area contributed by atoms with Gasteiger partial charge < -0.3 is 20.1 Å². The summed E-state index contributed by atoms with van der Waals surface area (Å²) in [6.45, 7) is 1.62. The van der Waals surface area contributed by atoms with Crippen LogP contribution in [0.25, 0.3) is 0 Å². The lowest BCUT2D eigenvalue weighted by Crippen LogP contribution is -2.15. The van der Waals surface area contributed by atoms with Crippen molar-refractivity contribution in [2.45, 2.75) is 6.92 Å². The highest BCUT2D eigenvalue weighted by Gasteiger charge is 2.27. The van der Waals surface area contributed by atoms with Crippen LogP contribution in [0.15, 0.2) is 48.5 Å². The molecular formula is C22H19ClN2O5S. The summed E-state index contributed by atoms with van der Waals surface area (Å²) >= 11 is 7.07. The topological polar surface area (TPSA) is 93.7 Å². The second-order valence-corrected chi connectivity index (χ2v) is 7.77. The Morgan fingerprint density at radius 1 is 0.935 bits per heavy atom. The zero-order chi connectivity index (χ0) is 22.5. The fourth-order valence-electron chi connectivity index (χ4n) is 2.91. The van der Waals surface area contributed by atoms with Crippen LogP contribution in [-0.4, -0.2) is 32.0 Å². The monoisotopic (exact) mass is 458 g/mol. The van der Waals surface area contributed by atoms with Gasteiger partial charge in [0.05, 0.1) is 40.9 Å². The summed E-state index contributed by atoms with van der Waals surface area (Å²) in [5.74, 6) is -1.13. The van der Waals surface area contributed by atoms with Gasteiger partial charge in [-0.05, 0) is 36.8 Å². The molecule has 0 aliphatic carbocycles. The average molecular weight is 459 g/mol. The number of carbonyl (C=O) groups is 3. The zero-order valence-corrected chi connectivity index (χ0v) is 18.5. The molecule has 3 aromatic rings.